The van der Waals surface area contributed by atoms with Gasteiger partial charge in [0, 0.05) is 5.56 Å². The molecule has 2 aromatic rings. The Hall–Kier alpha value is -2.08. The minimum absolute atomic E-state index is 0.0534. The maximum absolute atomic E-state index is 11.9. The predicted octanol–water partition coefficient (Wildman–Crippen LogP) is 2.98. The van der Waals surface area contributed by atoms with E-state index in [1.54, 1.807) is 19.1 Å². The van der Waals surface area contributed by atoms with Gasteiger partial charge >= 0.3 is 5.97 Å². The Morgan fingerprint density at radius 2 is 1.83 bits per heavy atom. The summed E-state index contributed by atoms with van der Waals surface area (Å²) in [7, 11) is -3.22. The van der Waals surface area contributed by atoms with Gasteiger partial charge in [-0.1, -0.05) is 19.1 Å². The smallest absolute Gasteiger partial charge is 0.310 e. The lowest BCUT2D eigenvalue weighted by atomic mass is 10.1. The van der Waals surface area contributed by atoms with Crippen molar-refractivity contribution in [2.45, 2.75) is 38.7 Å². The number of aryl methyl sites for hydroxylation is 2. The van der Waals surface area contributed by atoms with Crippen LogP contribution in [0.4, 0.5) is 0 Å². The first-order valence-electron chi connectivity index (χ1n) is 7.35. The predicted molar refractivity (Wildman–Crippen MR) is 85.9 cm³/mol. The number of hydrogen-bond donors (Lipinski definition) is 0. The number of carbonyl (C=O) groups excluding carboxylic acids is 1. The third kappa shape index (κ3) is 4.45. The Morgan fingerprint density at radius 3 is 2.35 bits per heavy atom. The molecule has 124 valence electrons. The molecule has 6 heteroatoms. The second kappa shape index (κ2) is 7.00. The van der Waals surface area contributed by atoms with E-state index in [4.69, 9.17) is 9.15 Å². The number of rotatable bonds is 6. The van der Waals surface area contributed by atoms with Crippen LogP contribution in [-0.2, 0) is 32.4 Å². The molecular formula is C17H20O5S. The van der Waals surface area contributed by atoms with Gasteiger partial charge in [0.25, 0.3) is 0 Å². The summed E-state index contributed by atoms with van der Waals surface area (Å²) in [5.41, 5.74) is 1.56. The van der Waals surface area contributed by atoms with Gasteiger partial charge in [0.2, 0.25) is 0 Å². The van der Waals surface area contributed by atoms with E-state index in [1.165, 1.54) is 12.1 Å². The number of sulfone groups is 1. The monoisotopic (exact) mass is 336 g/mol. The lowest BCUT2D eigenvalue weighted by Gasteiger charge is -2.06. The van der Waals surface area contributed by atoms with Crippen LogP contribution in [0.25, 0.3) is 0 Å². The molecular weight excluding hydrogens is 316 g/mol. The first kappa shape index (κ1) is 17.3. The summed E-state index contributed by atoms with van der Waals surface area (Å²) in [6.45, 7) is 5.43. The molecule has 0 unspecified atom stereocenters. The minimum atomic E-state index is -3.22. The largest absolute Gasteiger partial charge is 0.466 e. The van der Waals surface area contributed by atoms with Gasteiger partial charge in [-0.15, -0.1) is 0 Å². The van der Waals surface area contributed by atoms with E-state index >= 15 is 0 Å². The molecule has 0 aliphatic carbocycles. The quantitative estimate of drug-likeness (QED) is 0.758. The van der Waals surface area contributed by atoms with Crippen LogP contribution in [-0.4, -0.2) is 20.1 Å². The average molecular weight is 336 g/mol. The van der Waals surface area contributed by atoms with E-state index in [1.807, 2.05) is 19.9 Å². The Labute approximate surface area is 136 Å². The van der Waals surface area contributed by atoms with Crippen LogP contribution in [0.15, 0.2) is 39.6 Å². The molecule has 0 N–H and O–H groups in total. The fourth-order valence-corrected chi connectivity index (χ4v) is 3.07. The molecule has 1 aromatic carbocycles. The topological polar surface area (TPSA) is 73.6 Å². The van der Waals surface area contributed by atoms with Crippen molar-refractivity contribution < 1.29 is 22.4 Å². The molecule has 0 atom stereocenters. The van der Waals surface area contributed by atoms with Gasteiger partial charge in [-0.05, 0) is 37.6 Å². The van der Waals surface area contributed by atoms with E-state index in [0.717, 1.165) is 17.1 Å². The molecule has 5 nitrogen and oxygen atoms in total. The molecule has 1 heterocycles. The van der Waals surface area contributed by atoms with Crippen LogP contribution in [0.5, 0.6) is 0 Å². The Kier molecular flexibility index (Phi) is 5.26. The van der Waals surface area contributed by atoms with Crippen LogP contribution < -0.4 is 0 Å². The molecule has 0 amide bonds. The zero-order chi connectivity index (χ0) is 17.0. The second-order valence-electron chi connectivity index (χ2n) is 5.32. The summed E-state index contributed by atoms with van der Waals surface area (Å²) in [6, 6.07) is 8.15. The van der Waals surface area contributed by atoms with Gasteiger partial charge in [0.05, 0.1) is 17.1 Å². The Balaban J connectivity index is 1.94. The Bertz CT molecular complexity index is 785. The summed E-state index contributed by atoms with van der Waals surface area (Å²) >= 11 is 0. The van der Waals surface area contributed by atoms with Crippen LogP contribution in [0, 0.1) is 13.8 Å². The first-order chi connectivity index (χ1) is 10.8. The molecule has 0 saturated heterocycles. The van der Waals surface area contributed by atoms with E-state index in [0.29, 0.717) is 5.56 Å². The van der Waals surface area contributed by atoms with Crippen LogP contribution in [0.3, 0.4) is 0 Å². The maximum atomic E-state index is 11.9. The van der Waals surface area contributed by atoms with Crippen molar-refractivity contribution in [2.75, 3.05) is 5.75 Å². The van der Waals surface area contributed by atoms with Crippen molar-refractivity contribution >= 4 is 15.8 Å². The summed E-state index contributed by atoms with van der Waals surface area (Å²) in [5, 5.41) is 0. The fourth-order valence-electron chi connectivity index (χ4n) is 2.18. The molecule has 0 spiro atoms. The van der Waals surface area contributed by atoms with Crippen LogP contribution in [0.2, 0.25) is 0 Å². The van der Waals surface area contributed by atoms with Crippen molar-refractivity contribution in [3.63, 3.8) is 0 Å². The minimum Gasteiger partial charge on any atom is -0.466 e. The average Bonchev–Trinajstić information content (AvgIpc) is 2.83. The van der Waals surface area contributed by atoms with Gasteiger partial charge < -0.3 is 9.15 Å². The number of ether oxygens (including phenoxy) is 1. The fraction of sp³-hybridized carbons (Fsp3) is 0.353. The van der Waals surface area contributed by atoms with E-state index in [9.17, 15) is 13.2 Å². The number of carbonyl (C=O) groups is 1. The number of benzene rings is 1. The molecule has 0 radical (unpaired) electrons. The van der Waals surface area contributed by atoms with Crippen molar-refractivity contribution in [3.8, 4) is 0 Å². The molecule has 0 bridgehead atoms. The molecule has 1 aromatic heterocycles. The molecule has 0 saturated carbocycles. The third-order valence-electron chi connectivity index (χ3n) is 3.54. The van der Waals surface area contributed by atoms with Crippen LogP contribution in [0.1, 0.15) is 29.6 Å². The van der Waals surface area contributed by atoms with Gasteiger partial charge in [-0.2, -0.15) is 0 Å². The number of furan rings is 1. The van der Waals surface area contributed by atoms with Gasteiger partial charge in [0.15, 0.2) is 9.84 Å². The number of esters is 1. The zero-order valence-corrected chi connectivity index (χ0v) is 14.3. The van der Waals surface area contributed by atoms with Gasteiger partial charge in [-0.25, -0.2) is 8.42 Å². The lowest BCUT2D eigenvalue weighted by molar-refractivity contribution is -0.144. The van der Waals surface area contributed by atoms with Crippen molar-refractivity contribution in [3.05, 3.63) is 53.0 Å². The molecule has 0 aliphatic heterocycles. The molecule has 0 aliphatic rings. The highest BCUT2D eigenvalue weighted by molar-refractivity contribution is 7.91. The summed E-state index contributed by atoms with van der Waals surface area (Å²) < 4.78 is 34.1. The summed E-state index contributed by atoms with van der Waals surface area (Å²) in [5.74, 6) is 1.21. The van der Waals surface area contributed by atoms with E-state index < -0.39 is 9.84 Å². The highest BCUT2D eigenvalue weighted by Crippen LogP contribution is 2.16. The lowest BCUT2D eigenvalue weighted by Crippen LogP contribution is -2.09. The zero-order valence-electron chi connectivity index (χ0n) is 13.5. The highest BCUT2D eigenvalue weighted by Gasteiger charge is 2.13. The highest BCUT2D eigenvalue weighted by atomic mass is 32.2. The first-order valence-corrected chi connectivity index (χ1v) is 9.00. The number of hydrogen-bond acceptors (Lipinski definition) is 5. The summed E-state index contributed by atoms with van der Waals surface area (Å²) in [4.78, 5) is 12.1. The SMILES string of the molecule is CCS(=O)(=O)c1ccc(CC(=O)OCc2cc(C)oc2C)cc1. The van der Waals surface area contributed by atoms with Crippen molar-refractivity contribution in [1.29, 1.82) is 0 Å². The normalized spacial score (nSPS) is 11.4. The van der Waals surface area contributed by atoms with Crippen LogP contribution >= 0.6 is 0 Å². The van der Waals surface area contributed by atoms with Crippen molar-refractivity contribution in [2.24, 2.45) is 0 Å². The summed E-state index contributed by atoms with van der Waals surface area (Å²) in [6.07, 6.45) is 0.0995. The molecule has 0 fully saturated rings. The van der Waals surface area contributed by atoms with Gasteiger partial charge in [-0.3, -0.25) is 4.79 Å². The molecule has 2 rings (SSSR count). The Morgan fingerprint density at radius 1 is 1.17 bits per heavy atom. The third-order valence-corrected chi connectivity index (χ3v) is 5.29. The second-order valence-corrected chi connectivity index (χ2v) is 7.60. The standard InChI is InChI=1S/C17H20O5S/c1-4-23(19,20)16-7-5-14(6-8-16)10-17(18)21-11-15-9-12(2)22-13(15)3/h5-9H,4,10-11H2,1-3H3. The van der Waals surface area contributed by atoms with Crippen molar-refractivity contribution in [1.82, 2.24) is 0 Å². The van der Waals surface area contributed by atoms with Gasteiger partial charge in [0.1, 0.15) is 18.1 Å². The van der Waals surface area contributed by atoms with E-state index in [-0.39, 0.29) is 29.6 Å². The maximum Gasteiger partial charge on any atom is 0.310 e. The molecule has 23 heavy (non-hydrogen) atoms. The van der Waals surface area contributed by atoms with E-state index in [2.05, 4.69) is 0 Å².